The molecule has 0 bridgehead atoms. The Labute approximate surface area is 90.4 Å². The summed E-state index contributed by atoms with van der Waals surface area (Å²) >= 11 is 0. The van der Waals surface area contributed by atoms with Gasteiger partial charge in [-0.15, -0.1) is 0 Å². The van der Waals surface area contributed by atoms with E-state index >= 15 is 0 Å². The van der Waals surface area contributed by atoms with Crippen LogP contribution in [0.15, 0.2) is 18.2 Å². The van der Waals surface area contributed by atoms with Crippen LogP contribution >= 0.6 is 0 Å². The van der Waals surface area contributed by atoms with E-state index in [1.165, 1.54) is 0 Å². The number of carboxylic acids is 1. The molecule has 0 spiro atoms. The van der Waals surface area contributed by atoms with Crippen LogP contribution in [-0.4, -0.2) is 36.9 Å². The molecule has 0 heterocycles. The zero-order valence-corrected chi connectivity index (χ0v) is 10.5. The van der Waals surface area contributed by atoms with Crippen LogP contribution < -0.4 is 0 Å². The van der Waals surface area contributed by atoms with E-state index in [2.05, 4.69) is 0 Å². The van der Waals surface area contributed by atoms with Crippen molar-refractivity contribution in [2.45, 2.75) is 13.8 Å². The molecule has 2 nitrogen and oxygen atoms in total. The third kappa shape index (κ3) is 2.55. The number of hydrogen-bond donors (Lipinski definition) is 1. The molecule has 1 N–H and O–H groups in total. The van der Waals surface area contributed by atoms with Gasteiger partial charge in [0.1, 0.15) is 0 Å². The van der Waals surface area contributed by atoms with Gasteiger partial charge in [0.05, 0.1) is 5.56 Å². The van der Waals surface area contributed by atoms with Crippen molar-refractivity contribution < 1.29 is 9.90 Å². The van der Waals surface area contributed by atoms with Crippen molar-refractivity contribution in [3.05, 3.63) is 34.9 Å². The van der Waals surface area contributed by atoms with Gasteiger partial charge in [0.15, 0.2) is 0 Å². The van der Waals surface area contributed by atoms with Gasteiger partial charge in [-0.2, -0.15) is 0 Å². The standard InChI is InChI=1S/C9H10O2.In/c1-6-3-4-7(2)8(5-6)9(10)11;/h3-5H,1-2H3,(H,10,11);. The van der Waals surface area contributed by atoms with Gasteiger partial charge in [0.25, 0.3) is 0 Å². The number of aromatic carboxylic acids is 1. The molecule has 61 valence electrons. The average Bonchev–Trinajstić information content (AvgIpc) is 1.94. The predicted octanol–water partition coefficient (Wildman–Crippen LogP) is 1.62. The van der Waals surface area contributed by atoms with E-state index in [9.17, 15) is 4.79 Å². The van der Waals surface area contributed by atoms with E-state index in [0.717, 1.165) is 11.1 Å². The molecule has 0 amide bonds. The zero-order chi connectivity index (χ0) is 8.43. The fraction of sp³-hybridized carbons (Fsp3) is 0.222. The molecule has 12 heavy (non-hydrogen) atoms. The first kappa shape index (κ1) is 11.6. The molecule has 0 aliphatic rings. The number of benzene rings is 1. The van der Waals surface area contributed by atoms with Gasteiger partial charge in [-0.25, -0.2) is 4.79 Å². The summed E-state index contributed by atoms with van der Waals surface area (Å²) in [6, 6.07) is 5.40. The van der Waals surface area contributed by atoms with Crippen LogP contribution in [0.4, 0.5) is 0 Å². The van der Waals surface area contributed by atoms with Crippen LogP contribution in [0.2, 0.25) is 0 Å². The molecular weight excluding hydrogens is 255 g/mol. The van der Waals surface area contributed by atoms with Crippen molar-refractivity contribution in [1.29, 1.82) is 0 Å². The van der Waals surface area contributed by atoms with Crippen LogP contribution in [0.1, 0.15) is 21.5 Å². The molecule has 0 fully saturated rings. The summed E-state index contributed by atoms with van der Waals surface area (Å²) in [6.45, 7) is 3.68. The number of carboxylic acid groups (broad SMARTS) is 1. The van der Waals surface area contributed by atoms with E-state index < -0.39 is 5.97 Å². The minimum Gasteiger partial charge on any atom is -0.478 e. The number of aryl methyl sites for hydroxylation is 2. The van der Waals surface area contributed by atoms with Gasteiger partial charge in [-0.05, 0) is 25.5 Å². The summed E-state index contributed by atoms with van der Waals surface area (Å²) in [5, 5.41) is 8.69. The smallest absolute Gasteiger partial charge is 0.335 e. The Morgan fingerprint density at radius 2 is 1.92 bits per heavy atom. The summed E-state index contributed by atoms with van der Waals surface area (Å²) < 4.78 is 0. The van der Waals surface area contributed by atoms with E-state index in [4.69, 9.17) is 5.11 Å². The second-order valence-electron chi connectivity index (χ2n) is 2.62. The Morgan fingerprint density at radius 3 is 2.33 bits per heavy atom. The molecule has 0 unspecified atom stereocenters. The van der Waals surface area contributed by atoms with Crippen LogP contribution in [-0.2, 0) is 0 Å². The van der Waals surface area contributed by atoms with Crippen molar-refractivity contribution in [1.82, 2.24) is 0 Å². The van der Waals surface area contributed by atoms with Crippen molar-refractivity contribution in [2.24, 2.45) is 0 Å². The second-order valence-corrected chi connectivity index (χ2v) is 2.62. The minimum atomic E-state index is -0.855. The van der Waals surface area contributed by atoms with Gasteiger partial charge in [-0.3, -0.25) is 0 Å². The normalized spacial score (nSPS) is 8.83. The Balaban J connectivity index is 0.00000121. The topological polar surface area (TPSA) is 37.3 Å². The summed E-state index contributed by atoms with van der Waals surface area (Å²) in [6.07, 6.45) is 0. The van der Waals surface area contributed by atoms with Gasteiger partial charge in [0.2, 0.25) is 0 Å². The van der Waals surface area contributed by atoms with Gasteiger partial charge >= 0.3 is 5.97 Å². The number of hydrogen-bond acceptors (Lipinski definition) is 1. The molecule has 1 rings (SSSR count). The molecule has 0 aliphatic carbocycles. The third-order valence-corrected chi connectivity index (χ3v) is 1.62. The molecule has 0 saturated carbocycles. The van der Waals surface area contributed by atoms with Crippen molar-refractivity contribution >= 4 is 31.8 Å². The van der Waals surface area contributed by atoms with Gasteiger partial charge < -0.3 is 5.11 Å². The average molecular weight is 265 g/mol. The summed E-state index contributed by atoms with van der Waals surface area (Å²) in [5.41, 5.74) is 2.18. The monoisotopic (exact) mass is 265 g/mol. The Kier molecular flexibility index (Phi) is 4.39. The maximum atomic E-state index is 10.6. The Hall–Kier alpha value is -0.440. The van der Waals surface area contributed by atoms with E-state index in [-0.39, 0.29) is 25.8 Å². The van der Waals surface area contributed by atoms with Crippen LogP contribution in [0.3, 0.4) is 0 Å². The first-order valence-corrected chi connectivity index (χ1v) is 3.42. The zero-order valence-electron chi connectivity index (χ0n) is 7.16. The third-order valence-electron chi connectivity index (χ3n) is 1.62. The molecule has 3 heteroatoms. The van der Waals surface area contributed by atoms with Crippen LogP contribution in [0.5, 0.6) is 0 Å². The predicted molar refractivity (Wildman–Crippen MR) is 48.6 cm³/mol. The minimum absolute atomic E-state index is 0. The molecular formula is C9H10InO2. The van der Waals surface area contributed by atoms with Gasteiger partial charge in [0, 0.05) is 25.8 Å². The number of rotatable bonds is 1. The molecule has 0 aliphatic heterocycles. The van der Waals surface area contributed by atoms with Crippen molar-refractivity contribution in [3.8, 4) is 0 Å². The van der Waals surface area contributed by atoms with E-state index in [0.29, 0.717) is 5.56 Å². The molecule has 1 aromatic carbocycles. The second kappa shape index (κ2) is 4.55. The molecule has 3 radical (unpaired) electrons. The van der Waals surface area contributed by atoms with Crippen molar-refractivity contribution in [2.75, 3.05) is 0 Å². The summed E-state index contributed by atoms with van der Waals surface area (Å²) in [7, 11) is 0. The quantitative estimate of drug-likeness (QED) is 0.837. The summed E-state index contributed by atoms with van der Waals surface area (Å²) in [4.78, 5) is 10.6. The molecule has 1 aromatic rings. The van der Waals surface area contributed by atoms with Gasteiger partial charge in [-0.1, -0.05) is 17.7 Å². The number of carbonyl (C=O) groups is 1. The first-order valence-electron chi connectivity index (χ1n) is 3.42. The fourth-order valence-electron chi connectivity index (χ4n) is 0.966. The SMILES string of the molecule is Cc1ccc(C)c(C(=O)O)c1.[In]. The molecule has 0 atom stereocenters. The molecule has 0 saturated heterocycles. The van der Waals surface area contributed by atoms with Crippen molar-refractivity contribution in [3.63, 3.8) is 0 Å². The van der Waals surface area contributed by atoms with E-state index in [1.807, 2.05) is 19.1 Å². The van der Waals surface area contributed by atoms with E-state index in [1.54, 1.807) is 13.0 Å². The summed E-state index contributed by atoms with van der Waals surface area (Å²) in [5.74, 6) is -0.855. The fourth-order valence-corrected chi connectivity index (χ4v) is 0.966. The Bertz CT molecular complexity index is 295. The largest absolute Gasteiger partial charge is 0.478 e. The van der Waals surface area contributed by atoms with Crippen LogP contribution in [0, 0.1) is 13.8 Å². The maximum absolute atomic E-state index is 10.6. The molecule has 0 aromatic heterocycles. The Morgan fingerprint density at radius 1 is 1.33 bits per heavy atom. The van der Waals surface area contributed by atoms with Crippen LogP contribution in [0.25, 0.3) is 0 Å². The first-order chi connectivity index (χ1) is 5.11. The maximum Gasteiger partial charge on any atom is 0.335 e.